The van der Waals surface area contributed by atoms with Gasteiger partial charge in [-0.2, -0.15) is 0 Å². The highest BCUT2D eigenvalue weighted by Gasteiger charge is 2.07. The maximum absolute atomic E-state index is 11.9. The number of nitrogen functional groups attached to an aromatic ring is 1. The molecule has 0 spiro atoms. The lowest BCUT2D eigenvalue weighted by atomic mass is 10.3. The van der Waals surface area contributed by atoms with E-state index in [0.29, 0.717) is 28.2 Å². The number of nitrogens with two attached hydrogens (primary N) is 1. The standard InChI is InChI=1S/C14H15N5OS/c1-2-8-21-14-17-11(15)9-12(19-14)18-13(20)16-10-6-4-3-5-7-10/h2-7,9H,1,8H2,(H4,15,16,17,18,19,20). The molecule has 0 aliphatic carbocycles. The van der Waals surface area contributed by atoms with Crippen LogP contribution in [0.5, 0.6) is 0 Å². The molecule has 1 aromatic heterocycles. The van der Waals surface area contributed by atoms with Gasteiger partial charge in [0.25, 0.3) is 0 Å². The van der Waals surface area contributed by atoms with Gasteiger partial charge in [-0.15, -0.1) is 6.58 Å². The number of urea groups is 1. The van der Waals surface area contributed by atoms with Gasteiger partial charge in [0, 0.05) is 17.5 Å². The number of hydrogen-bond acceptors (Lipinski definition) is 5. The van der Waals surface area contributed by atoms with Gasteiger partial charge >= 0.3 is 6.03 Å². The van der Waals surface area contributed by atoms with Gasteiger partial charge in [0.05, 0.1) is 0 Å². The molecule has 0 atom stereocenters. The van der Waals surface area contributed by atoms with Crippen LogP contribution >= 0.6 is 11.8 Å². The Kier molecular flexibility index (Phi) is 5.16. The summed E-state index contributed by atoms with van der Waals surface area (Å²) in [5.41, 5.74) is 6.39. The molecule has 108 valence electrons. The molecule has 2 aromatic rings. The van der Waals surface area contributed by atoms with Crippen LogP contribution in [0.1, 0.15) is 0 Å². The highest BCUT2D eigenvalue weighted by molar-refractivity contribution is 7.99. The summed E-state index contributed by atoms with van der Waals surface area (Å²) < 4.78 is 0. The Balaban J connectivity index is 2.03. The quantitative estimate of drug-likeness (QED) is 0.448. The molecule has 0 aliphatic heterocycles. The number of amides is 2. The molecule has 2 rings (SSSR count). The average Bonchev–Trinajstić information content (AvgIpc) is 2.45. The van der Waals surface area contributed by atoms with E-state index in [-0.39, 0.29) is 6.03 Å². The Morgan fingerprint density at radius 1 is 1.29 bits per heavy atom. The lowest BCUT2D eigenvalue weighted by molar-refractivity contribution is 0.262. The van der Waals surface area contributed by atoms with Crippen LogP contribution in [0.2, 0.25) is 0 Å². The van der Waals surface area contributed by atoms with E-state index < -0.39 is 0 Å². The fourth-order valence-electron chi connectivity index (χ4n) is 1.51. The van der Waals surface area contributed by atoms with Crippen molar-refractivity contribution in [1.82, 2.24) is 9.97 Å². The third-order valence-electron chi connectivity index (χ3n) is 2.33. The number of benzene rings is 1. The molecule has 0 aliphatic rings. The van der Waals surface area contributed by atoms with Crippen LogP contribution in [-0.4, -0.2) is 21.8 Å². The molecule has 2 amide bonds. The molecule has 21 heavy (non-hydrogen) atoms. The molecule has 0 radical (unpaired) electrons. The van der Waals surface area contributed by atoms with Gasteiger partial charge in [0.2, 0.25) is 0 Å². The Bertz CT molecular complexity index is 633. The number of rotatable bonds is 5. The maximum atomic E-state index is 11.9. The van der Waals surface area contributed by atoms with Gasteiger partial charge in [0.1, 0.15) is 11.6 Å². The highest BCUT2D eigenvalue weighted by atomic mass is 32.2. The molecule has 7 heteroatoms. The number of aromatic nitrogens is 2. The molecule has 0 fully saturated rings. The summed E-state index contributed by atoms with van der Waals surface area (Å²) in [7, 11) is 0. The van der Waals surface area contributed by atoms with E-state index in [1.165, 1.54) is 17.8 Å². The minimum Gasteiger partial charge on any atom is -0.383 e. The lowest BCUT2D eigenvalue weighted by Gasteiger charge is -2.08. The summed E-state index contributed by atoms with van der Waals surface area (Å²) in [6.45, 7) is 3.63. The van der Waals surface area contributed by atoms with Gasteiger partial charge in [0.15, 0.2) is 5.16 Å². The second-order valence-electron chi connectivity index (χ2n) is 4.01. The Hall–Kier alpha value is -2.54. The molecular weight excluding hydrogens is 286 g/mol. The summed E-state index contributed by atoms with van der Waals surface area (Å²) in [6, 6.07) is 10.2. The van der Waals surface area contributed by atoms with E-state index in [0.717, 1.165) is 0 Å². The van der Waals surface area contributed by atoms with Crippen LogP contribution in [0, 0.1) is 0 Å². The van der Waals surface area contributed by atoms with Gasteiger partial charge < -0.3 is 11.1 Å². The Labute approximate surface area is 126 Å². The SMILES string of the molecule is C=CCSc1nc(N)cc(NC(=O)Nc2ccccc2)n1. The smallest absolute Gasteiger partial charge is 0.324 e. The number of hydrogen-bond donors (Lipinski definition) is 3. The van der Waals surface area contributed by atoms with Gasteiger partial charge in [-0.05, 0) is 12.1 Å². The van der Waals surface area contributed by atoms with Gasteiger partial charge in [-0.25, -0.2) is 14.8 Å². The summed E-state index contributed by atoms with van der Waals surface area (Å²) >= 11 is 1.39. The van der Waals surface area contributed by atoms with E-state index in [9.17, 15) is 4.79 Å². The normalized spacial score (nSPS) is 9.90. The van der Waals surface area contributed by atoms with Crippen molar-refractivity contribution in [3.05, 3.63) is 49.1 Å². The van der Waals surface area contributed by atoms with Crippen molar-refractivity contribution in [3.63, 3.8) is 0 Å². The number of para-hydroxylation sites is 1. The molecule has 1 aromatic carbocycles. The van der Waals surface area contributed by atoms with Crippen LogP contribution in [0.15, 0.2) is 54.2 Å². The van der Waals surface area contributed by atoms with E-state index in [1.807, 2.05) is 18.2 Å². The van der Waals surface area contributed by atoms with Gasteiger partial charge in [-0.3, -0.25) is 5.32 Å². The summed E-state index contributed by atoms with van der Waals surface area (Å²) in [4.78, 5) is 20.1. The minimum atomic E-state index is -0.390. The first-order valence-corrected chi connectivity index (χ1v) is 7.17. The van der Waals surface area contributed by atoms with Crippen LogP contribution in [0.4, 0.5) is 22.1 Å². The van der Waals surface area contributed by atoms with Crippen LogP contribution < -0.4 is 16.4 Å². The van der Waals surface area contributed by atoms with Crippen molar-refractivity contribution >= 4 is 35.1 Å². The first-order chi connectivity index (χ1) is 10.2. The van der Waals surface area contributed by atoms with E-state index in [2.05, 4.69) is 27.2 Å². The molecular formula is C14H15N5OS. The van der Waals surface area contributed by atoms with E-state index in [1.54, 1.807) is 18.2 Å². The average molecular weight is 301 g/mol. The van der Waals surface area contributed by atoms with Crippen molar-refractivity contribution in [1.29, 1.82) is 0 Å². The first kappa shape index (κ1) is 14.9. The summed E-state index contributed by atoms with van der Waals surface area (Å²) in [6.07, 6.45) is 1.74. The molecule has 0 saturated heterocycles. The Morgan fingerprint density at radius 2 is 2.05 bits per heavy atom. The fourth-order valence-corrected chi connectivity index (χ4v) is 2.11. The van der Waals surface area contributed by atoms with E-state index >= 15 is 0 Å². The molecule has 6 nitrogen and oxygen atoms in total. The maximum Gasteiger partial charge on any atom is 0.324 e. The lowest BCUT2D eigenvalue weighted by Crippen LogP contribution is -2.20. The second kappa shape index (κ2) is 7.30. The predicted molar refractivity (Wildman–Crippen MR) is 86.4 cm³/mol. The zero-order chi connectivity index (χ0) is 15.1. The largest absolute Gasteiger partial charge is 0.383 e. The minimum absolute atomic E-state index is 0.298. The van der Waals surface area contributed by atoms with Gasteiger partial charge in [-0.1, -0.05) is 36.0 Å². The topological polar surface area (TPSA) is 92.9 Å². The van der Waals surface area contributed by atoms with Crippen molar-refractivity contribution in [2.24, 2.45) is 0 Å². The Morgan fingerprint density at radius 3 is 2.76 bits per heavy atom. The molecule has 0 unspecified atom stereocenters. The summed E-state index contributed by atoms with van der Waals surface area (Å²) in [5, 5.41) is 5.82. The first-order valence-electron chi connectivity index (χ1n) is 6.18. The molecule has 1 heterocycles. The monoisotopic (exact) mass is 301 g/mol. The number of carbonyl (C=O) groups is 1. The molecule has 4 N–H and O–H groups in total. The van der Waals surface area contributed by atoms with Crippen molar-refractivity contribution in [3.8, 4) is 0 Å². The van der Waals surface area contributed by atoms with Crippen LogP contribution in [0.25, 0.3) is 0 Å². The fraction of sp³-hybridized carbons (Fsp3) is 0.0714. The third-order valence-corrected chi connectivity index (χ3v) is 3.17. The number of anilines is 3. The van der Waals surface area contributed by atoms with Crippen LogP contribution in [-0.2, 0) is 0 Å². The molecule has 0 saturated carbocycles. The van der Waals surface area contributed by atoms with Crippen molar-refractivity contribution in [2.75, 3.05) is 22.1 Å². The second-order valence-corrected chi connectivity index (χ2v) is 4.99. The number of thioether (sulfide) groups is 1. The van der Waals surface area contributed by atoms with Crippen molar-refractivity contribution < 1.29 is 4.79 Å². The highest BCUT2D eigenvalue weighted by Crippen LogP contribution is 2.18. The number of nitrogens with zero attached hydrogens (tertiary/aromatic N) is 2. The predicted octanol–water partition coefficient (Wildman–Crippen LogP) is 2.98. The van der Waals surface area contributed by atoms with E-state index in [4.69, 9.17) is 5.73 Å². The van der Waals surface area contributed by atoms with Crippen molar-refractivity contribution in [2.45, 2.75) is 5.16 Å². The molecule has 0 bridgehead atoms. The zero-order valence-corrected chi connectivity index (χ0v) is 12.1. The zero-order valence-electron chi connectivity index (χ0n) is 11.2. The van der Waals surface area contributed by atoms with Crippen LogP contribution in [0.3, 0.4) is 0 Å². The summed E-state index contributed by atoms with van der Waals surface area (Å²) in [5.74, 6) is 1.31. The third kappa shape index (κ3) is 4.81. The number of nitrogens with one attached hydrogen (secondary N) is 2. The number of carbonyl (C=O) groups excluding carboxylic acids is 1.